The average Bonchev–Trinajstić information content (AvgIpc) is 2.36. The van der Waals surface area contributed by atoms with Crippen LogP contribution in [-0.4, -0.2) is 24.7 Å². The van der Waals surface area contributed by atoms with E-state index in [9.17, 15) is 22.6 Å². The first-order valence-electron chi connectivity index (χ1n) is 6.07. The quantitative estimate of drug-likeness (QED) is 0.425. The van der Waals surface area contributed by atoms with Crippen LogP contribution in [-0.2, 0) is 19.7 Å². The van der Waals surface area contributed by atoms with Gasteiger partial charge in [0, 0.05) is 16.5 Å². The van der Waals surface area contributed by atoms with Crippen LogP contribution in [0.3, 0.4) is 0 Å². The van der Waals surface area contributed by atoms with Crippen LogP contribution in [0, 0.1) is 0 Å². The molecule has 0 saturated carbocycles. The number of rotatable bonds is 4. The molecule has 2 N–H and O–H groups in total. The Balaban J connectivity index is 0.00000242. The van der Waals surface area contributed by atoms with E-state index in [0.29, 0.717) is 16.5 Å². The molecule has 0 saturated heterocycles. The molecular weight excluding hydrogens is 333 g/mol. The van der Waals surface area contributed by atoms with Gasteiger partial charge in [-0.1, -0.05) is 24.3 Å². The topological polar surface area (TPSA) is 101 Å². The van der Waals surface area contributed by atoms with Crippen molar-refractivity contribution < 1.29 is 75.4 Å². The van der Waals surface area contributed by atoms with Crippen molar-refractivity contribution in [1.29, 1.82) is 0 Å². The molecule has 2 rings (SSSR count). The van der Waals surface area contributed by atoms with Gasteiger partial charge in [-0.05, 0) is 19.1 Å². The Labute approximate surface area is 171 Å². The zero-order valence-corrected chi connectivity index (χ0v) is 16.1. The summed E-state index contributed by atoms with van der Waals surface area (Å²) in [5.41, 5.74) is 0.379. The number of anilines is 1. The molecule has 6 nitrogen and oxygen atoms in total. The molecule has 0 aliphatic rings. The van der Waals surface area contributed by atoms with E-state index in [2.05, 4.69) is 5.32 Å². The molecule has 2 aromatic carbocycles. The predicted molar refractivity (Wildman–Crippen MR) is 78.8 cm³/mol. The van der Waals surface area contributed by atoms with Crippen molar-refractivity contribution in [2.24, 2.45) is 0 Å². The molecular formula is C14H14KNO5S. The number of carbonyl (C=O) groups excluding carboxylic acids is 2. The third-order valence-electron chi connectivity index (χ3n) is 2.84. The number of fused-ring (bicyclic) bond motifs is 1. The molecule has 112 valence electrons. The Morgan fingerprint density at radius 2 is 1.73 bits per heavy atom. The number of benzene rings is 2. The Morgan fingerprint density at radius 3 is 2.32 bits per heavy atom. The summed E-state index contributed by atoms with van der Waals surface area (Å²) >= 11 is 0. The van der Waals surface area contributed by atoms with Crippen LogP contribution in [0.1, 0.15) is 14.8 Å². The molecule has 0 radical (unpaired) electrons. The van der Waals surface area contributed by atoms with Crippen molar-refractivity contribution in [2.45, 2.75) is 18.2 Å². The van der Waals surface area contributed by atoms with E-state index < -0.39 is 16.0 Å². The fraction of sp³-hybridized carbons (Fsp3) is 0.143. The minimum absolute atomic E-state index is 0. The van der Waals surface area contributed by atoms with E-state index in [1.54, 1.807) is 18.2 Å². The SMILES string of the molecule is CC(=O)CC(=O)Nc1cccc2c(S(=O)(=O)O)cccc12.[H-].[K+]. The third-order valence-corrected chi connectivity index (χ3v) is 3.76. The van der Waals surface area contributed by atoms with E-state index in [1.807, 2.05) is 0 Å². The average molecular weight is 347 g/mol. The molecule has 0 aromatic heterocycles. The van der Waals surface area contributed by atoms with Gasteiger partial charge in [-0.3, -0.25) is 14.1 Å². The molecule has 0 aliphatic carbocycles. The van der Waals surface area contributed by atoms with E-state index in [1.165, 1.54) is 25.1 Å². The number of nitrogens with one attached hydrogen (secondary N) is 1. The standard InChI is InChI=1S/C14H13NO5S.K.H/c1-9(16)8-14(17)15-12-6-2-5-11-10(12)4-3-7-13(11)21(18,19)20;;/h2-7H,8H2,1H3,(H,15,17)(H,18,19,20);;/q;+1;-1. The first-order valence-corrected chi connectivity index (χ1v) is 7.51. The van der Waals surface area contributed by atoms with Gasteiger partial charge >= 0.3 is 51.4 Å². The molecule has 22 heavy (non-hydrogen) atoms. The summed E-state index contributed by atoms with van der Waals surface area (Å²) in [6, 6.07) is 9.03. The minimum Gasteiger partial charge on any atom is -1.00 e. The summed E-state index contributed by atoms with van der Waals surface area (Å²) in [5.74, 6) is -0.751. The van der Waals surface area contributed by atoms with Gasteiger partial charge in [0.25, 0.3) is 10.1 Å². The first kappa shape index (κ1) is 19.4. The summed E-state index contributed by atoms with van der Waals surface area (Å²) in [5, 5.41) is 3.31. The predicted octanol–water partition coefficient (Wildman–Crippen LogP) is -0.879. The maximum atomic E-state index is 11.6. The van der Waals surface area contributed by atoms with E-state index in [0.717, 1.165) is 0 Å². The van der Waals surface area contributed by atoms with Crippen molar-refractivity contribution in [3.63, 3.8) is 0 Å². The second-order valence-electron chi connectivity index (χ2n) is 4.56. The van der Waals surface area contributed by atoms with E-state index in [-0.39, 0.29) is 69.9 Å². The van der Waals surface area contributed by atoms with Crippen LogP contribution < -0.4 is 56.7 Å². The van der Waals surface area contributed by atoms with Crippen LogP contribution in [0.15, 0.2) is 41.3 Å². The summed E-state index contributed by atoms with van der Waals surface area (Å²) in [6.07, 6.45) is -0.256. The molecule has 0 spiro atoms. The number of carbonyl (C=O) groups is 2. The van der Waals surface area contributed by atoms with Gasteiger partial charge in [0.2, 0.25) is 5.91 Å². The summed E-state index contributed by atoms with van der Waals surface area (Å²) in [6.45, 7) is 1.30. The molecule has 0 fully saturated rings. The van der Waals surface area contributed by atoms with Gasteiger partial charge in [0.15, 0.2) is 0 Å². The summed E-state index contributed by atoms with van der Waals surface area (Å²) in [4.78, 5) is 22.3. The third kappa shape index (κ3) is 4.69. The van der Waals surface area contributed by atoms with E-state index >= 15 is 0 Å². The molecule has 0 atom stereocenters. The fourth-order valence-corrected chi connectivity index (χ4v) is 2.74. The van der Waals surface area contributed by atoms with Crippen LogP contribution in [0.5, 0.6) is 0 Å². The Kier molecular flexibility index (Phi) is 6.87. The molecule has 0 aliphatic heterocycles. The number of Topliss-reactive ketones (excluding diaryl/α,β-unsaturated/α-hetero) is 1. The number of hydrogen-bond donors (Lipinski definition) is 2. The van der Waals surface area contributed by atoms with Crippen molar-refractivity contribution in [3.8, 4) is 0 Å². The fourth-order valence-electron chi connectivity index (χ4n) is 2.04. The van der Waals surface area contributed by atoms with Gasteiger partial charge < -0.3 is 6.74 Å². The van der Waals surface area contributed by atoms with Crippen molar-refractivity contribution in [1.82, 2.24) is 0 Å². The normalized spacial score (nSPS) is 10.8. The second kappa shape index (κ2) is 7.78. The zero-order valence-electron chi connectivity index (χ0n) is 13.2. The zero-order chi connectivity index (χ0) is 15.6. The monoisotopic (exact) mass is 347 g/mol. The first-order chi connectivity index (χ1) is 9.79. The number of ketones is 1. The molecule has 2 aromatic rings. The second-order valence-corrected chi connectivity index (χ2v) is 5.95. The maximum Gasteiger partial charge on any atom is 1.00 e. The maximum absolute atomic E-state index is 11.6. The molecule has 1 amide bonds. The smallest absolute Gasteiger partial charge is 1.00 e. The summed E-state index contributed by atoms with van der Waals surface area (Å²) < 4.78 is 31.9. The van der Waals surface area contributed by atoms with E-state index in [4.69, 9.17) is 0 Å². The molecule has 0 heterocycles. The van der Waals surface area contributed by atoms with Gasteiger partial charge in [-0.25, -0.2) is 0 Å². The van der Waals surface area contributed by atoms with Crippen molar-refractivity contribution in [2.75, 3.05) is 5.32 Å². The Bertz CT molecular complexity index is 838. The van der Waals surface area contributed by atoms with Gasteiger partial charge in [0.1, 0.15) is 10.7 Å². The number of amides is 1. The van der Waals surface area contributed by atoms with Crippen molar-refractivity contribution in [3.05, 3.63) is 36.4 Å². The Morgan fingerprint density at radius 1 is 1.14 bits per heavy atom. The number of hydrogen-bond acceptors (Lipinski definition) is 4. The van der Waals surface area contributed by atoms with Crippen LogP contribution >= 0.6 is 0 Å². The van der Waals surface area contributed by atoms with Gasteiger partial charge in [-0.15, -0.1) is 0 Å². The van der Waals surface area contributed by atoms with Crippen LogP contribution in [0.25, 0.3) is 10.8 Å². The minimum atomic E-state index is -4.36. The largest absolute Gasteiger partial charge is 1.00 e. The summed E-state index contributed by atoms with van der Waals surface area (Å²) in [7, 11) is -4.36. The molecule has 0 bridgehead atoms. The van der Waals surface area contributed by atoms with Crippen LogP contribution in [0.4, 0.5) is 5.69 Å². The Hall–Kier alpha value is -0.614. The molecule has 0 unspecified atom stereocenters. The van der Waals surface area contributed by atoms with Gasteiger partial charge in [0.05, 0.1) is 6.42 Å². The van der Waals surface area contributed by atoms with Crippen molar-refractivity contribution >= 4 is 38.3 Å². The van der Waals surface area contributed by atoms with Gasteiger partial charge in [-0.2, -0.15) is 8.42 Å². The molecule has 8 heteroatoms. The van der Waals surface area contributed by atoms with Crippen LogP contribution in [0.2, 0.25) is 0 Å².